The van der Waals surface area contributed by atoms with E-state index in [4.69, 9.17) is 9.73 Å². The molecule has 2 aliphatic rings. The molecule has 0 amide bonds. The minimum absolute atomic E-state index is 0.821. The van der Waals surface area contributed by atoms with E-state index >= 15 is 0 Å². The van der Waals surface area contributed by atoms with E-state index in [-0.39, 0.29) is 0 Å². The third-order valence-corrected chi connectivity index (χ3v) is 4.56. The van der Waals surface area contributed by atoms with Gasteiger partial charge in [0.25, 0.3) is 0 Å². The average Bonchev–Trinajstić information content (AvgIpc) is 2.78. The van der Waals surface area contributed by atoms with Crippen LogP contribution in [0, 0.1) is 0 Å². The highest BCUT2D eigenvalue weighted by molar-refractivity contribution is 6.03. The van der Waals surface area contributed by atoms with Gasteiger partial charge in [-0.2, -0.15) is 0 Å². The molecule has 1 fully saturated rings. The number of benzene rings is 2. The lowest BCUT2D eigenvalue weighted by molar-refractivity contribution is 0.190. The third kappa shape index (κ3) is 2.70. The third-order valence-electron chi connectivity index (χ3n) is 4.56. The van der Waals surface area contributed by atoms with Crippen LogP contribution in [0.3, 0.4) is 0 Å². The molecule has 1 saturated heterocycles. The summed E-state index contributed by atoms with van der Waals surface area (Å²) in [4.78, 5) is 9.82. The Labute approximate surface area is 137 Å². The summed E-state index contributed by atoms with van der Waals surface area (Å²) >= 11 is 0. The highest BCUT2D eigenvalue weighted by atomic mass is 16.5. The molecule has 2 aromatic rings. The van der Waals surface area contributed by atoms with Crippen molar-refractivity contribution >= 4 is 11.5 Å². The summed E-state index contributed by atoms with van der Waals surface area (Å²) in [6.45, 7) is 7.51. The number of aliphatic imine (C=N–C) groups is 1. The number of hydrogen-bond donors (Lipinski definition) is 0. The molecule has 4 nitrogen and oxygen atoms in total. The maximum Gasteiger partial charge on any atom is 0.153 e. The molecule has 0 aromatic heterocycles. The van der Waals surface area contributed by atoms with Gasteiger partial charge in [-0.05, 0) is 30.8 Å². The molecule has 4 heteroatoms. The fourth-order valence-electron chi connectivity index (χ4n) is 3.19. The maximum atomic E-state index is 6.11. The van der Waals surface area contributed by atoms with Crippen LogP contribution in [0.25, 0.3) is 0 Å². The summed E-state index contributed by atoms with van der Waals surface area (Å²) in [5.41, 5.74) is 1.98. The molecule has 0 atom stereocenters. The largest absolute Gasteiger partial charge is 0.454 e. The zero-order chi connectivity index (χ0) is 15.6. The second-order valence-corrected chi connectivity index (χ2v) is 5.92. The molecular weight excluding hydrogens is 286 g/mol. The van der Waals surface area contributed by atoms with Crippen LogP contribution >= 0.6 is 0 Å². The fourth-order valence-corrected chi connectivity index (χ4v) is 3.19. The lowest BCUT2D eigenvalue weighted by Crippen LogP contribution is -2.48. The Hall–Kier alpha value is -2.33. The first-order valence-corrected chi connectivity index (χ1v) is 8.27. The van der Waals surface area contributed by atoms with E-state index in [9.17, 15) is 0 Å². The van der Waals surface area contributed by atoms with E-state index in [2.05, 4.69) is 28.9 Å². The first-order valence-electron chi connectivity index (χ1n) is 8.27. The van der Waals surface area contributed by atoms with Crippen molar-refractivity contribution in [3.63, 3.8) is 0 Å². The van der Waals surface area contributed by atoms with Crippen LogP contribution < -0.4 is 4.74 Å². The van der Waals surface area contributed by atoms with Gasteiger partial charge < -0.3 is 14.5 Å². The van der Waals surface area contributed by atoms with E-state index < -0.39 is 0 Å². The van der Waals surface area contributed by atoms with Crippen molar-refractivity contribution < 1.29 is 4.74 Å². The summed E-state index contributed by atoms with van der Waals surface area (Å²) in [5.74, 6) is 2.73. The summed E-state index contributed by atoms with van der Waals surface area (Å²) in [6, 6.07) is 16.2. The van der Waals surface area contributed by atoms with Crippen molar-refractivity contribution in [2.24, 2.45) is 4.99 Å². The number of ether oxygens (including phenoxy) is 1. The van der Waals surface area contributed by atoms with Crippen LogP contribution in [-0.4, -0.2) is 48.4 Å². The molecule has 23 heavy (non-hydrogen) atoms. The molecule has 0 saturated carbocycles. The second kappa shape index (κ2) is 6.05. The van der Waals surface area contributed by atoms with Crippen molar-refractivity contribution in [3.8, 4) is 11.5 Å². The van der Waals surface area contributed by atoms with Gasteiger partial charge >= 0.3 is 0 Å². The molecule has 0 bridgehead atoms. The molecule has 0 unspecified atom stereocenters. The molecular formula is C19H21N3O. The average molecular weight is 307 g/mol. The zero-order valence-corrected chi connectivity index (χ0v) is 13.4. The molecule has 0 N–H and O–H groups in total. The minimum Gasteiger partial charge on any atom is -0.454 e. The Morgan fingerprint density at radius 1 is 0.913 bits per heavy atom. The zero-order valence-electron chi connectivity index (χ0n) is 13.4. The number of hydrogen-bond acceptors (Lipinski definition) is 4. The lowest BCUT2D eigenvalue weighted by atomic mass is 10.1. The summed E-state index contributed by atoms with van der Waals surface area (Å²) < 4.78 is 6.11. The highest BCUT2D eigenvalue weighted by Gasteiger charge is 2.25. The number of fused-ring (bicyclic) bond motifs is 2. The summed E-state index contributed by atoms with van der Waals surface area (Å²) in [7, 11) is 0. The van der Waals surface area contributed by atoms with Gasteiger partial charge in [-0.1, -0.05) is 31.2 Å². The fraction of sp³-hybridized carbons (Fsp3) is 0.316. The SMILES string of the molecule is CCN1CCN(C2=Nc3ccccc3Oc3ccccc32)CC1. The van der Waals surface area contributed by atoms with Crippen LogP contribution in [0.4, 0.5) is 5.69 Å². The van der Waals surface area contributed by atoms with Gasteiger partial charge in [-0.15, -0.1) is 0 Å². The number of para-hydroxylation sites is 3. The topological polar surface area (TPSA) is 28.1 Å². The molecule has 4 rings (SSSR count). The number of rotatable bonds is 1. The molecule has 0 radical (unpaired) electrons. The smallest absolute Gasteiger partial charge is 0.153 e. The Balaban J connectivity index is 1.76. The van der Waals surface area contributed by atoms with E-state index in [0.29, 0.717) is 0 Å². The van der Waals surface area contributed by atoms with Gasteiger partial charge in [0.15, 0.2) is 5.75 Å². The Morgan fingerprint density at radius 3 is 2.39 bits per heavy atom. The van der Waals surface area contributed by atoms with Crippen LogP contribution in [-0.2, 0) is 0 Å². The quantitative estimate of drug-likeness (QED) is 0.807. The van der Waals surface area contributed by atoms with Gasteiger partial charge in [0.05, 0.1) is 5.56 Å². The number of nitrogens with zero attached hydrogens (tertiary/aromatic N) is 3. The molecule has 2 aromatic carbocycles. The van der Waals surface area contributed by atoms with Crippen LogP contribution in [0.5, 0.6) is 11.5 Å². The molecule has 2 heterocycles. The van der Waals surface area contributed by atoms with Crippen molar-refractivity contribution in [3.05, 3.63) is 54.1 Å². The monoisotopic (exact) mass is 307 g/mol. The molecule has 0 spiro atoms. The van der Waals surface area contributed by atoms with Gasteiger partial charge in [-0.25, -0.2) is 4.99 Å². The highest BCUT2D eigenvalue weighted by Crippen LogP contribution is 2.37. The van der Waals surface area contributed by atoms with Crippen molar-refractivity contribution in [1.29, 1.82) is 0 Å². The van der Waals surface area contributed by atoms with Gasteiger partial charge in [0, 0.05) is 26.2 Å². The summed E-state index contributed by atoms with van der Waals surface area (Å²) in [5, 5.41) is 0. The lowest BCUT2D eigenvalue weighted by Gasteiger charge is -2.36. The predicted octanol–water partition coefficient (Wildman–Crippen LogP) is 3.51. The van der Waals surface area contributed by atoms with Crippen LogP contribution in [0.1, 0.15) is 12.5 Å². The Bertz CT molecular complexity index is 733. The first-order chi connectivity index (χ1) is 11.3. The van der Waals surface area contributed by atoms with Crippen LogP contribution in [0.2, 0.25) is 0 Å². The van der Waals surface area contributed by atoms with Crippen molar-refractivity contribution in [2.45, 2.75) is 6.92 Å². The number of likely N-dealkylation sites (N-methyl/N-ethyl adjacent to an activating group) is 1. The van der Waals surface area contributed by atoms with Gasteiger partial charge in [0.1, 0.15) is 17.3 Å². The number of piperazine rings is 1. The van der Waals surface area contributed by atoms with E-state index in [1.54, 1.807) is 0 Å². The van der Waals surface area contributed by atoms with E-state index in [0.717, 1.165) is 61.3 Å². The minimum atomic E-state index is 0.821. The van der Waals surface area contributed by atoms with E-state index in [1.807, 2.05) is 36.4 Å². The normalized spacial score (nSPS) is 17.6. The number of amidine groups is 1. The van der Waals surface area contributed by atoms with Gasteiger partial charge in [-0.3, -0.25) is 0 Å². The second-order valence-electron chi connectivity index (χ2n) is 5.92. The first kappa shape index (κ1) is 14.3. The Morgan fingerprint density at radius 2 is 1.61 bits per heavy atom. The maximum absolute atomic E-state index is 6.11. The molecule has 118 valence electrons. The van der Waals surface area contributed by atoms with Crippen molar-refractivity contribution in [1.82, 2.24) is 9.80 Å². The predicted molar refractivity (Wildman–Crippen MR) is 92.8 cm³/mol. The standard InChI is InChI=1S/C19H21N3O/c1-2-21-11-13-22(14-12-21)19-15-7-3-5-9-17(15)23-18-10-6-4-8-16(18)20-19/h3-10H,2,11-14H2,1H3. The van der Waals surface area contributed by atoms with E-state index in [1.165, 1.54) is 0 Å². The molecule has 0 aliphatic carbocycles. The van der Waals surface area contributed by atoms with Crippen molar-refractivity contribution in [2.75, 3.05) is 32.7 Å². The van der Waals surface area contributed by atoms with Gasteiger partial charge in [0.2, 0.25) is 0 Å². The molecule has 2 aliphatic heterocycles. The summed E-state index contributed by atoms with van der Waals surface area (Å²) in [6.07, 6.45) is 0. The Kier molecular flexibility index (Phi) is 3.75. The van der Waals surface area contributed by atoms with Crippen LogP contribution in [0.15, 0.2) is 53.5 Å².